The van der Waals surface area contributed by atoms with Gasteiger partial charge in [0, 0.05) is 17.1 Å². The maximum atomic E-state index is 5.97. The Labute approximate surface area is 124 Å². The minimum atomic E-state index is 0.568. The van der Waals surface area contributed by atoms with E-state index in [-0.39, 0.29) is 0 Å². The van der Waals surface area contributed by atoms with Crippen LogP contribution in [0.2, 0.25) is 5.02 Å². The van der Waals surface area contributed by atoms with Gasteiger partial charge in [-0.1, -0.05) is 44.4 Å². The van der Waals surface area contributed by atoms with Crippen molar-refractivity contribution in [2.24, 2.45) is 5.92 Å². The van der Waals surface area contributed by atoms with E-state index in [1.807, 2.05) is 6.07 Å². The number of nitrogens with one attached hydrogen (secondary N) is 1. The van der Waals surface area contributed by atoms with Gasteiger partial charge < -0.3 is 5.32 Å². The first-order valence-corrected chi connectivity index (χ1v) is 7.83. The summed E-state index contributed by atoms with van der Waals surface area (Å²) in [5.41, 5.74) is 1.27. The Balaban J connectivity index is 2.29. The lowest BCUT2D eigenvalue weighted by Crippen LogP contribution is -2.25. The number of halogens is 2. The fourth-order valence-corrected chi connectivity index (χ4v) is 2.42. The van der Waals surface area contributed by atoms with E-state index in [1.54, 1.807) is 0 Å². The highest BCUT2D eigenvalue weighted by Gasteiger charge is 2.04. The van der Waals surface area contributed by atoms with Crippen LogP contribution in [-0.4, -0.2) is 6.04 Å². The maximum absolute atomic E-state index is 5.97. The molecule has 1 nitrogen and oxygen atoms in total. The van der Waals surface area contributed by atoms with Crippen molar-refractivity contribution in [3.8, 4) is 0 Å². The molecule has 0 heterocycles. The molecular weight excluding hydrogens is 310 g/mol. The molecule has 102 valence electrons. The molecule has 0 fully saturated rings. The summed E-state index contributed by atoms with van der Waals surface area (Å²) in [7, 11) is 0. The van der Waals surface area contributed by atoms with E-state index in [1.165, 1.54) is 24.8 Å². The third kappa shape index (κ3) is 6.21. The van der Waals surface area contributed by atoms with Crippen LogP contribution in [0.5, 0.6) is 0 Å². The highest BCUT2D eigenvalue weighted by atomic mass is 79.9. The van der Waals surface area contributed by atoms with Crippen LogP contribution in [0, 0.1) is 5.92 Å². The number of rotatable bonds is 7. The van der Waals surface area contributed by atoms with Gasteiger partial charge in [-0.3, -0.25) is 0 Å². The van der Waals surface area contributed by atoms with Gasteiger partial charge in [0.05, 0.1) is 5.02 Å². The zero-order valence-corrected chi connectivity index (χ0v) is 13.8. The van der Waals surface area contributed by atoms with E-state index < -0.39 is 0 Å². The van der Waals surface area contributed by atoms with Crippen molar-refractivity contribution in [1.82, 2.24) is 5.32 Å². The van der Waals surface area contributed by atoms with Crippen LogP contribution in [0.25, 0.3) is 0 Å². The SMILES string of the molecule is CC(C)CCCC(C)NCc1ccc(Cl)c(Br)c1. The molecule has 0 radical (unpaired) electrons. The molecule has 0 aromatic heterocycles. The molecule has 0 aliphatic heterocycles. The van der Waals surface area contributed by atoms with E-state index >= 15 is 0 Å². The van der Waals surface area contributed by atoms with Crippen molar-refractivity contribution in [2.75, 3.05) is 0 Å². The van der Waals surface area contributed by atoms with Crippen LogP contribution in [0.15, 0.2) is 22.7 Å². The molecular formula is C15H23BrClN. The molecule has 1 aromatic carbocycles. The van der Waals surface area contributed by atoms with E-state index in [0.29, 0.717) is 6.04 Å². The number of benzene rings is 1. The average molecular weight is 333 g/mol. The Morgan fingerprint density at radius 1 is 1.22 bits per heavy atom. The highest BCUT2D eigenvalue weighted by molar-refractivity contribution is 9.10. The third-order valence-corrected chi connectivity index (χ3v) is 4.27. The Kier molecular flexibility index (Phi) is 7.28. The fraction of sp³-hybridized carbons (Fsp3) is 0.600. The van der Waals surface area contributed by atoms with Crippen molar-refractivity contribution in [1.29, 1.82) is 0 Å². The van der Waals surface area contributed by atoms with E-state index in [9.17, 15) is 0 Å². The highest BCUT2D eigenvalue weighted by Crippen LogP contribution is 2.23. The summed E-state index contributed by atoms with van der Waals surface area (Å²) in [6.45, 7) is 7.72. The van der Waals surface area contributed by atoms with E-state index in [0.717, 1.165) is 22.0 Å². The van der Waals surface area contributed by atoms with Gasteiger partial charge in [0.15, 0.2) is 0 Å². The number of hydrogen-bond acceptors (Lipinski definition) is 1. The monoisotopic (exact) mass is 331 g/mol. The van der Waals surface area contributed by atoms with Crippen LogP contribution in [-0.2, 0) is 6.54 Å². The summed E-state index contributed by atoms with van der Waals surface area (Å²) in [6.07, 6.45) is 3.86. The summed E-state index contributed by atoms with van der Waals surface area (Å²) in [5, 5.41) is 4.32. The normalized spacial score (nSPS) is 13.0. The van der Waals surface area contributed by atoms with Crippen molar-refractivity contribution in [3.63, 3.8) is 0 Å². The van der Waals surface area contributed by atoms with Gasteiger partial charge in [0.25, 0.3) is 0 Å². The second kappa shape index (κ2) is 8.19. The lowest BCUT2D eigenvalue weighted by Gasteiger charge is -2.14. The summed E-state index contributed by atoms with van der Waals surface area (Å²) in [5.74, 6) is 0.810. The molecule has 1 aromatic rings. The van der Waals surface area contributed by atoms with Gasteiger partial charge in [-0.25, -0.2) is 0 Å². The van der Waals surface area contributed by atoms with E-state index in [4.69, 9.17) is 11.6 Å². The van der Waals surface area contributed by atoms with Crippen LogP contribution in [0.3, 0.4) is 0 Å². The predicted octanol–water partition coefficient (Wildman–Crippen LogP) is 5.41. The quantitative estimate of drug-likeness (QED) is 0.704. The zero-order chi connectivity index (χ0) is 13.5. The first-order chi connectivity index (χ1) is 8.49. The van der Waals surface area contributed by atoms with Gasteiger partial charge in [-0.15, -0.1) is 0 Å². The molecule has 0 saturated carbocycles. The molecule has 1 unspecified atom stereocenters. The average Bonchev–Trinajstić information content (AvgIpc) is 2.30. The Morgan fingerprint density at radius 3 is 2.56 bits per heavy atom. The van der Waals surface area contributed by atoms with Crippen LogP contribution in [0.1, 0.15) is 45.6 Å². The summed E-state index contributed by atoms with van der Waals surface area (Å²) < 4.78 is 0.968. The maximum Gasteiger partial charge on any atom is 0.0548 e. The standard InChI is InChI=1S/C15H23BrClN/c1-11(2)5-4-6-12(3)18-10-13-7-8-15(17)14(16)9-13/h7-9,11-12,18H,4-6,10H2,1-3H3. The smallest absolute Gasteiger partial charge is 0.0548 e. The second-order valence-corrected chi connectivity index (χ2v) is 6.62. The van der Waals surface area contributed by atoms with Crippen molar-refractivity contribution in [3.05, 3.63) is 33.3 Å². The number of hydrogen-bond donors (Lipinski definition) is 1. The van der Waals surface area contributed by atoms with Crippen molar-refractivity contribution >= 4 is 27.5 Å². The molecule has 0 amide bonds. The van der Waals surface area contributed by atoms with Crippen LogP contribution >= 0.6 is 27.5 Å². The molecule has 0 saturated heterocycles. The van der Waals surface area contributed by atoms with Crippen molar-refractivity contribution in [2.45, 2.75) is 52.6 Å². The molecule has 1 N–H and O–H groups in total. The molecule has 3 heteroatoms. The Hall–Kier alpha value is -0.0500. The summed E-state index contributed by atoms with van der Waals surface area (Å²) >= 11 is 9.43. The molecule has 18 heavy (non-hydrogen) atoms. The predicted molar refractivity (Wildman–Crippen MR) is 84.1 cm³/mol. The van der Waals surface area contributed by atoms with Gasteiger partial charge in [-0.05, 0) is 52.9 Å². The Morgan fingerprint density at radius 2 is 1.94 bits per heavy atom. The molecule has 0 aliphatic rings. The van der Waals surface area contributed by atoms with Gasteiger partial charge in [0.2, 0.25) is 0 Å². The molecule has 0 aliphatic carbocycles. The molecule has 1 atom stereocenters. The van der Waals surface area contributed by atoms with Crippen molar-refractivity contribution < 1.29 is 0 Å². The van der Waals surface area contributed by atoms with Gasteiger partial charge in [-0.2, -0.15) is 0 Å². The minimum absolute atomic E-state index is 0.568. The molecule has 0 spiro atoms. The largest absolute Gasteiger partial charge is 0.310 e. The van der Waals surface area contributed by atoms with Gasteiger partial charge >= 0.3 is 0 Å². The first kappa shape index (κ1) is 16.0. The van der Waals surface area contributed by atoms with Gasteiger partial charge in [0.1, 0.15) is 0 Å². The summed E-state index contributed by atoms with van der Waals surface area (Å²) in [4.78, 5) is 0. The lowest BCUT2D eigenvalue weighted by atomic mass is 10.0. The topological polar surface area (TPSA) is 12.0 Å². The molecule has 1 rings (SSSR count). The zero-order valence-electron chi connectivity index (χ0n) is 11.5. The lowest BCUT2D eigenvalue weighted by molar-refractivity contribution is 0.457. The summed E-state index contributed by atoms with van der Waals surface area (Å²) in [6, 6.07) is 6.65. The fourth-order valence-electron chi connectivity index (χ4n) is 1.88. The van der Waals surface area contributed by atoms with Crippen LogP contribution < -0.4 is 5.32 Å². The van der Waals surface area contributed by atoms with E-state index in [2.05, 4.69) is 54.2 Å². The second-order valence-electron chi connectivity index (χ2n) is 5.36. The Bertz CT molecular complexity index is 366. The van der Waals surface area contributed by atoms with Crippen LogP contribution in [0.4, 0.5) is 0 Å². The molecule has 0 bridgehead atoms. The first-order valence-electron chi connectivity index (χ1n) is 6.66. The third-order valence-electron chi connectivity index (χ3n) is 3.06. The minimum Gasteiger partial charge on any atom is -0.310 e.